The van der Waals surface area contributed by atoms with Gasteiger partial charge in [-0.25, -0.2) is 0 Å². The second-order valence-electron chi connectivity index (χ2n) is 7.07. The van der Waals surface area contributed by atoms with Crippen LogP contribution in [0.5, 0.6) is 5.75 Å². The second kappa shape index (κ2) is 6.62. The Morgan fingerprint density at radius 3 is 2.33 bits per heavy atom. The number of hydrogen-bond acceptors (Lipinski definition) is 5. The lowest BCUT2D eigenvalue weighted by atomic mass is 10.1. The van der Waals surface area contributed by atoms with E-state index in [1.807, 2.05) is 38.1 Å². The van der Waals surface area contributed by atoms with Crippen molar-refractivity contribution in [3.05, 3.63) is 63.6 Å². The van der Waals surface area contributed by atoms with Crippen molar-refractivity contribution >= 4 is 27.9 Å². The third-order valence-corrected chi connectivity index (χ3v) is 5.63. The Hall–Kier alpha value is -2.44. The minimum Gasteiger partial charge on any atom is -0.481 e. The molecule has 7 heteroatoms. The third kappa shape index (κ3) is 3.55. The van der Waals surface area contributed by atoms with Crippen LogP contribution in [0.4, 0.5) is 0 Å². The molecular weight excluding hydrogens is 380 g/mol. The quantitative estimate of drug-likeness (QED) is 0.459. The number of rotatable bonds is 4. The molecule has 138 valence electrons. The smallest absolute Gasteiger partial charge is 0.235 e. The summed E-state index contributed by atoms with van der Waals surface area (Å²) in [5, 5.41) is 14.9. The maximum atomic E-state index is 6.15. The lowest BCUT2D eigenvalue weighted by Crippen LogP contribution is -2.25. The molecule has 0 aliphatic heterocycles. The van der Waals surface area contributed by atoms with E-state index in [0.717, 1.165) is 27.1 Å². The van der Waals surface area contributed by atoms with Crippen LogP contribution in [0, 0.1) is 13.8 Å². The molecule has 2 aromatic carbocycles. The molecule has 0 fully saturated rings. The molecular formula is C20H19ClN4OS. The van der Waals surface area contributed by atoms with Gasteiger partial charge in [-0.05, 0) is 64.1 Å². The number of aromatic nitrogens is 4. The average molecular weight is 399 g/mol. The van der Waals surface area contributed by atoms with Gasteiger partial charge in [0.05, 0.1) is 0 Å². The SMILES string of the molecule is Cc1cc(C)cc(-c2nnc3sc(C(C)(C)Oc4ccc(Cl)cc4)nn23)c1. The molecule has 5 nitrogen and oxygen atoms in total. The van der Waals surface area contributed by atoms with Crippen LogP contribution in [0.1, 0.15) is 30.0 Å². The van der Waals surface area contributed by atoms with Crippen LogP contribution in [0.15, 0.2) is 42.5 Å². The first kappa shape index (κ1) is 17.9. The fourth-order valence-corrected chi connectivity index (χ4v) is 3.99. The first-order valence-corrected chi connectivity index (χ1v) is 9.77. The van der Waals surface area contributed by atoms with Gasteiger partial charge in [0.1, 0.15) is 5.75 Å². The summed E-state index contributed by atoms with van der Waals surface area (Å²) >= 11 is 7.43. The summed E-state index contributed by atoms with van der Waals surface area (Å²) in [6.45, 7) is 8.13. The molecule has 0 spiro atoms. The standard InChI is InChI=1S/C20H19ClN4OS/c1-12-9-13(2)11-14(10-12)17-22-23-19-25(17)24-18(27-19)20(3,4)26-16-7-5-15(21)6-8-16/h5-11H,1-4H3. The van der Waals surface area contributed by atoms with E-state index in [-0.39, 0.29) is 0 Å². The maximum absolute atomic E-state index is 6.15. The van der Waals surface area contributed by atoms with Gasteiger partial charge in [-0.3, -0.25) is 0 Å². The van der Waals surface area contributed by atoms with Gasteiger partial charge in [-0.2, -0.15) is 9.61 Å². The molecule has 0 saturated heterocycles. The Bertz CT molecular complexity index is 1090. The highest BCUT2D eigenvalue weighted by Gasteiger charge is 2.29. The van der Waals surface area contributed by atoms with Crippen LogP contribution >= 0.6 is 22.9 Å². The molecule has 27 heavy (non-hydrogen) atoms. The number of fused-ring (bicyclic) bond motifs is 1. The summed E-state index contributed by atoms with van der Waals surface area (Å²) in [6.07, 6.45) is 0. The van der Waals surface area contributed by atoms with Crippen molar-refractivity contribution in [2.45, 2.75) is 33.3 Å². The first-order chi connectivity index (χ1) is 12.8. The number of nitrogens with zero attached hydrogens (tertiary/aromatic N) is 4. The van der Waals surface area contributed by atoms with Crippen molar-refractivity contribution in [1.82, 2.24) is 19.8 Å². The van der Waals surface area contributed by atoms with Crippen molar-refractivity contribution in [3.8, 4) is 17.1 Å². The summed E-state index contributed by atoms with van der Waals surface area (Å²) < 4.78 is 7.95. The molecule has 2 aromatic heterocycles. The van der Waals surface area contributed by atoms with E-state index >= 15 is 0 Å². The molecule has 0 atom stereocenters. The molecule has 2 heterocycles. The van der Waals surface area contributed by atoms with Crippen LogP contribution in [0.2, 0.25) is 5.02 Å². The van der Waals surface area contributed by atoms with Crippen LogP contribution in [-0.2, 0) is 5.60 Å². The minimum atomic E-state index is -0.612. The number of ether oxygens (including phenoxy) is 1. The lowest BCUT2D eigenvalue weighted by Gasteiger charge is -2.23. The number of aryl methyl sites for hydroxylation is 2. The Labute approximate surface area is 166 Å². The van der Waals surface area contributed by atoms with Gasteiger partial charge in [0.15, 0.2) is 16.4 Å². The van der Waals surface area contributed by atoms with Gasteiger partial charge in [0, 0.05) is 10.6 Å². The van der Waals surface area contributed by atoms with Crippen LogP contribution in [0.25, 0.3) is 16.3 Å². The zero-order valence-electron chi connectivity index (χ0n) is 15.5. The zero-order valence-corrected chi connectivity index (χ0v) is 17.1. The Balaban J connectivity index is 1.71. The highest BCUT2D eigenvalue weighted by atomic mass is 35.5. The summed E-state index contributed by atoms with van der Waals surface area (Å²) in [7, 11) is 0. The third-order valence-electron chi connectivity index (χ3n) is 4.17. The second-order valence-corrected chi connectivity index (χ2v) is 8.46. The van der Waals surface area contributed by atoms with Crippen molar-refractivity contribution in [2.24, 2.45) is 0 Å². The van der Waals surface area contributed by atoms with Gasteiger partial charge in [-0.1, -0.05) is 40.1 Å². The van der Waals surface area contributed by atoms with E-state index < -0.39 is 5.60 Å². The molecule has 0 amide bonds. The van der Waals surface area contributed by atoms with Crippen LogP contribution < -0.4 is 4.74 Å². The van der Waals surface area contributed by atoms with Gasteiger partial charge in [0.2, 0.25) is 4.96 Å². The van der Waals surface area contributed by atoms with E-state index in [9.17, 15) is 0 Å². The van der Waals surface area contributed by atoms with E-state index in [0.29, 0.717) is 5.02 Å². The molecule has 4 rings (SSSR count). The molecule has 0 radical (unpaired) electrons. The lowest BCUT2D eigenvalue weighted by molar-refractivity contribution is 0.107. The van der Waals surface area contributed by atoms with Gasteiger partial charge in [0.25, 0.3) is 0 Å². The molecule has 0 aliphatic rings. The van der Waals surface area contributed by atoms with Gasteiger partial charge >= 0.3 is 0 Å². The molecule has 0 aliphatic carbocycles. The molecule has 0 unspecified atom stereocenters. The average Bonchev–Trinajstić information content (AvgIpc) is 3.16. The number of benzene rings is 2. The fraction of sp³-hybridized carbons (Fsp3) is 0.250. The number of hydrogen-bond donors (Lipinski definition) is 0. The topological polar surface area (TPSA) is 52.3 Å². The Morgan fingerprint density at radius 1 is 1.00 bits per heavy atom. The minimum absolute atomic E-state index is 0.612. The van der Waals surface area contributed by atoms with E-state index in [2.05, 4.69) is 42.2 Å². The Kier molecular flexibility index (Phi) is 4.40. The molecule has 0 bridgehead atoms. The van der Waals surface area contributed by atoms with Crippen molar-refractivity contribution in [1.29, 1.82) is 0 Å². The normalized spacial score (nSPS) is 11.9. The summed E-state index contributed by atoms with van der Waals surface area (Å²) in [5.41, 5.74) is 2.76. The summed E-state index contributed by atoms with van der Waals surface area (Å²) in [6, 6.07) is 13.6. The fourth-order valence-electron chi connectivity index (χ4n) is 2.98. The van der Waals surface area contributed by atoms with Crippen molar-refractivity contribution in [3.63, 3.8) is 0 Å². The molecule has 0 saturated carbocycles. The van der Waals surface area contributed by atoms with Crippen molar-refractivity contribution < 1.29 is 4.74 Å². The predicted molar refractivity (Wildman–Crippen MR) is 109 cm³/mol. The monoisotopic (exact) mass is 398 g/mol. The van der Waals surface area contributed by atoms with E-state index in [4.69, 9.17) is 21.4 Å². The Morgan fingerprint density at radius 2 is 1.67 bits per heavy atom. The summed E-state index contributed by atoms with van der Waals surface area (Å²) in [5.74, 6) is 1.48. The molecule has 0 N–H and O–H groups in total. The molecule has 4 aromatic rings. The van der Waals surface area contributed by atoms with Crippen LogP contribution in [-0.4, -0.2) is 19.8 Å². The van der Waals surface area contributed by atoms with Crippen LogP contribution in [0.3, 0.4) is 0 Å². The highest BCUT2D eigenvalue weighted by molar-refractivity contribution is 7.16. The highest BCUT2D eigenvalue weighted by Crippen LogP contribution is 2.32. The summed E-state index contributed by atoms with van der Waals surface area (Å²) in [4.78, 5) is 0.743. The van der Waals surface area contributed by atoms with Gasteiger partial charge < -0.3 is 4.74 Å². The van der Waals surface area contributed by atoms with Crippen molar-refractivity contribution in [2.75, 3.05) is 0 Å². The largest absolute Gasteiger partial charge is 0.481 e. The number of halogens is 1. The zero-order chi connectivity index (χ0) is 19.2. The van der Waals surface area contributed by atoms with E-state index in [1.54, 1.807) is 4.52 Å². The van der Waals surface area contributed by atoms with E-state index in [1.165, 1.54) is 22.5 Å². The first-order valence-electron chi connectivity index (χ1n) is 8.58. The predicted octanol–water partition coefficient (Wildman–Crippen LogP) is 5.44. The van der Waals surface area contributed by atoms with Gasteiger partial charge in [-0.15, -0.1) is 10.2 Å². The maximum Gasteiger partial charge on any atom is 0.235 e.